The Balaban J connectivity index is 1.75. The van der Waals surface area contributed by atoms with Gasteiger partial charge in [0.15, 0.2) is 17.8 Å². The summed E-state index contributed by atoms with van der Waals surface area (Å²) < 4.78 is 36.9. The molecule has 2 unspecified atom stereocenters. The number of benzene rings is 1. The van der Waals surface area contributed by atoms with Crippen molar-refractivity contribution in [3.63, 3.8) is 0 Å². The lowest BCUT2D eigenvalue weighted by Crippen LogP contribution is -2.64. The second-order valence-electron chi connectivity index (χ2n) is 8.32. The molecule has 1 aromatic carbocycles. The van der Waals surface area contributed by atoms with E-state index in [0.29, 0.717) is 0 Å². The van der Waals surface area contributed by atoms with Crippen LogP contribution in [0, 0.1) is 0 Å². The fourth-order valence-corrected chi connectivity index (χ4v) is 4.03. The van der Waals surface area contributed by atoms with E-state index in [2.05, 4.69) is 0 Å². The fraction of sp³-hybridized carbons (Fsp3) is 0.682. The van der Waals surface area contributed by atoms with Crippen LogP contribution in [-0.4, -0.2) is 138 Å². The van der Waals surface area contributed by atoms with E-state index in [-0.39, 0.29) is 22.8 Å². The molecule has 37 heavy (non-hydrogen) atoms. The van der Waals surface area contributed by atoms with E-state index in [9.17, 15) is 40.5 Å². The van der Waals surface area contributed by atoms with E-state index >= 15 is 0 Å². The molecule has 0 aliphatic carbocycles. The minimum atomic E-state index is -1.89. The highest BCUT2D eigenvalue weighted by molar-refractivity contribution is 5.91. The van der Waals surface area contributed by atoms with Crippen molar-refractivity contribution in [3.8, 4) is 17.2 Å². The number of rotatable bonds is 9. The number of methoxy groups -OCH3 is 3. The average molecular weight is 536 g/mol. The van der Waals surface area contributed by atoms with Gasteiger partial charge in [0.1, 0.15) is 48.8 Å². The number of carbonyl (C=O) groups is 1. The van der Waals surface area contributed by atoms with Gasteiger partial charge in [0.25, 0.3) is 0 Å². The van der Waals surface area contributed by atoms with Crippen LogP contribution in [-0.2, 0) is 18.9 Å². The molecule has 0 aromatic heterocycles. The van der Waals surface area contributed by atoms with Crippen LogP contribution >= 0.6 is 0 Å². The van der Waals surface area contributed by atoms with Crippen LogP contribution in [0.5, 0.6) is 17.2 Å². The Hall–Kier alpha value is -2.31. The van der Waals surface area contributed by atoms with Crippen molar-refractivity contribution in [2.45, 2.75) is 61.4 Å². The van der Waals surface area contributed by atoms with Crippen molar-refractivity contribution in [2.24, 2.45) is 0 Å². The predicted molar refractivity (Wildman–Crippen MR) is 118 cm³/mol. The van der Waals surface area contributed by atoms with Crippen LogP contribution in [0.2, 0.25) is 0 Å². The number of hydrogen-bond donors (Lipinski definition) is 7. The summed E-state index contributed by atoms with van der Waals surface area (Å²) in [5.41, 5.74) is -0.0694. The molecule has 10 atom stereocenters. The fourth-order valence-electron chi connectivity index (χ4n) is 4.03. The van der Waals surface area contributed by atoms with E-state index in [4.69, 9.17) is 33.2 Å². The summed E-state index contributed by atoms with van der Waals surface area (Å²) in [7, 11) is 4.07. The summed E-state index contributed by atoms with van der Waals surface area (Å²) in [6.07, 6.45) is -16.6. The first-order valence-corrected chi connectivity index (χ1v) is 11.2. The lowest BCUT2D eigenvalue weighted by atomic mass is 9.97. The Morgan fingerprint density at radius 2 is 1.30 bits per heavy atom. The monoisotopic (exact) mass is 536 g/mol. The molecule has 1 aromatic rings. The molecular weight excluding hydrogens is 504 g/mol. The molecule has 2 saturated heterocycles. The number of hydrogen-bond acceptors (Lipinski definition) is 15. The molecule has 0 spiro atoms. The molecule has 2 fully saturated rings. The summed E-state index contributed by atoms with van der Waals surface area (Å²) in [5, 5.41) is 70.4. The molecule has 2 heterocycles. The number of carbonyl (C=O) groups excluding carboxylic acids is 1. The molecule has 3 rings (SSSR count). The van der Waals surface area contributed by atoms with Crippen molar-refractivity contribution in [2.75, 3.05) is 34.5 Å². The topological polar surface area (TPSA) is 223 Å². The van der Waals surface area contributed by atoms with Crippen LogP contribution in [0.15, 0.2) is 12.1 Å². The largest absolute Gasteiger partial charge is 0.493 e. The molecule has 0 amide bonds. The molecule has 210 valence electrons. The Labute approximate surface area is 211 Å². The highest BCUT2D eigenvalue weighted by Gasteiger charge is 2.51. The lowest BCUT2D eigenvalue weighted by Gasteiger charge is -2.45. The van der Waals surface area contributed by atoms with E-state index in [0.717, 1.165) is 0 Å². The predicted octanol–water partition coefficient (Wildman–Crippen LogP) is -3.51. The number of esters is 1. The zero-order valence-electron chi connectivity index (χ0n) is 20.2. The van der Waals surface area contributed by atoms with Gasteiger partial charge in [-0.05, 0) is 12.1 Å². The van der Waals surface area contributed by atoms with Gasteiger partial charge >= 0.3 is 5.97 Å². The van der Waals surface area contributed by atoms with Gasteiger partial charge in [-0.15, -0.1) is 0 Å². The Bertz CT molecular complexity index is 883. The van der Waals surface area contributed by atoms with Gasteiger partial charge in [-0.3, -0.25) is 0 Å². The Morgan fingerprint density at radius 1 is 0.757 bits per heavy atom. The smallest absolute Gasteiger partial charge is 0.340 e. The van der Waals surface area contributed by atoms with Crippen molar-refractivity contribution < 1.29 is 73.7 Å². The van der Waals surface area contributed by atoms with E-state index in [1.807, 2.05) is 0 Å². The molecule has 15 heteroatoms. The van der Waals surface area contributed by atoms with Crippen molar-refractivity contribution >= 4 is 5.97 Å². The second-order valence-corrected chi connectivity index (χ2v) is 8.32. The Morgan fingerprint density at radius 3 is 1.81 bits per heavy atom. The van der Waals surface area contributed by atoms with Crippen molar-refractivity contribution in [1.29, 1.82) is 0 Å². The molecular formula is C22H32O15. The molecule has 7 N–H and O–H groups in total. The van der Waals surface area contributed by atoms with Gasteiger partial charge in [0.2, 0.25) is 12.0 Å². The quantitative estimate of drug-likeness (QED) is 0.152. The van der Waals surface area contributed by atoms with Gasteiger partial charge in [-0.2, -0.15) is 0 Å². The summed E-state index contributed by atoms with van der Waals surface area (Å²) in [6, 6.07) is 2.59. The first kappa shape index (κ1) is 29.2. The minimum absolute atomic E-state index is 0.0694. The number of ether oxygens (including phenoxy) is 7. The van der Waals surface area contributed by atoms with Gasteiger partial charge in [0, 0.05) is 0 Å². The van der Waals surface area contributed by atoms with E-state index in [1.165, 1.54) is 33.5 Å². The zero-order valence-corrected chi connectivity index (χ0v) is 20.2. The lowest BCUT2D eigenvalue weighted by molar-refractivity contribution is -0.354. The molecule has 2 aliphatic rings. The molecule has 0 bridgehead atoms. The normalized spacial score (nSPS) is 36.1. The first-order chi connectivity index (χ1) is 17.6. The highest BCUT2D eigenvalue weighted by Crippen LogP contribution is 2.38. The van der Waals surface area contributed by atoms with Gasteiger partial charge < -0.3 is 68.9 Å². The third kappa shape index (κ3) is 5.91. The standard InChI is InChI=1S/C22H32O15/c1-31-9-4-8(5-10(32-2)18(9)33-3)20(30)37-22-17(29)15(27)19(12(7-24)35-22)36-21-16(28)14(26)13(25)11(6-23)34-21/h4-5,11-17,19,21-29H,6-7H2,1-3H3/t11?,12?,13-,14+,15-,16+,17+,19-,21-,22-/m1/s1. The van der Waals surface area contributed by atoms with Crippen molar-refractivity contribution in [1.82, 2.24) is 0 Å². The first-order valence-electron chi connectivity index (χ1n) is 11.2. The summed E-state index contributed by atoms with van der Waals surface area (Å²) in [5.74, 6) is -0.472. The third-order valence-electron chi connectivity index (χ3n) is 6.08. The summed E-state index contributed by atoms with van der Waals surface area (Å²) in [6.45, 7) is -1.51. The van der Waals surface area contributed by atoms with Crippen molar-refractivity contribution in [3.05, 3.63) is 17.7 Å². The van der Waals surface area contributed by atoms with Crippen LogP contribution in [0.4, 0.5) is 0 Å². The average Bonchev–Trinajstić information content (AvgIpc) is 2.91. The van der Waals surface area contributed by atoms with Gasteiger partial charge in [-0.1, -0.05) is 0 Å². The highest BCUT2D eigenvalue weighted by atomic mass is 16.7. The zero-order chi connectivity index (χ0) is 27.4. The maximum atomic E-state index is 12.8. The number of aliphatic hydroxyl groups excluding tert-OH is 7. The maximum absolute atomic E-state index is 12.8. The van der Waals surface area contributed by atoms with Crippen LogP contribution < -0.4 is 14.2 Å². The second kappa shape index (κ2) is 12.5. The number of aliphatic hydroxyl groups is 7. The van der Waals surface area contributed by atoms with Crippen LogP contribution in [0.25, 0.3) is 0 Å². The van der Waals surface area contributed by atoms with Crippen LogP contribution in [0.3, 0.4) is 0 Å². The van der Waals surface area contributed by atoms with Crippen LogP contribution in [0.1, 0.15) is 10.4 Å². The molecule has 0 saturated carbocycles. The SMILES string of the molecule is COc1cc(C(=O)O[C@H]2OC(CO)[C@@H](O[C@H]3OC(CO)[C@@H](O)[C@H](O)[C@@H]3O)[C@H](O)[C@@H]2O)cc(OC)c1OC. The summed E-state index contributed by atoms with van der Waals surface area (Å²) >= 11 is 0. The molecule has 15 nitrogen and oxygen atoms in total. The Kier molecular flexibility index (Phi) is 9.87. The van der Waals surface area contributed by atoms with Gasteiger partial charge in [0.05, 0.1) is 40.1 Å². The minimum Gasteiger partial charge on any atom is -0.493 e. The third-order valence-corrected chi connectivity index (χ3v) is 6.08. The molecule has 2 aliphatic heterocycles. The summed E-state index contributed by atoms with van der Waals surface area (Å²) in [4.78, 5) is 12.8. The maximum Gasteiger partial charge on any atom is 0.340 e. The van der Waals surface area contributed by atoms with E-state index in [1.54, 1.807) is 0 Å². The van der Waals surface area contributed by atoms with E-state index < -0.39 is 80.6 Å². The van der Waals surface area contributed by atoms with Gasteiger partial charge in [-0.25, -0.2) is 4.79 Å². The molecule has 0 radical (unpaired) electrons.